The van der Waals surface area contributed by atoms with Gasteiger partial charge in [0.1, 0.15) is 0 Å². The maximum absolute atomic E-state index is 12.5. The van der Waals surface area contributed by atoms with Crippen LogP contribution in [-0.4, -0.2) is 50.3 Å². The number of nitrogens with zero attached hydrogens (tertiary/aromatic N) is 1. The van der Waals surface area contributed by atoms with E-state index in [4.69, 9.17) is 15.2 Å². The predicted molar refractivity (Wildman–Crippen MR) is 73.9 cm³/mol. The Morgan fingerprint density at radius 3 is 3.05 bits per heavy atom. The SMILES string of the molecule is COCCN(Cc1cccs1)C(=O)C1COCC1N. The zero-order chi connectivity index (χ0) is 13.7. The van der Waals surface area contributed by atoms with Crippen molar-refractivity contribution < 1.29 is 14.3 Å². The molecule has 5 nitrogen and oxygen atoms in total. The monoisotopic (exact) mass is 284 g/mol. The maximum atomic E-state index is 12.5. The number of nitrogens with two attached hydrogens (primary N) is 1. The third kappa shape index (κ3) is 3.76. The molecule has 1 aliphatic rings. The van der Waals surface area contributed by atoms with E-state index in [1.54, 1.807) is 18.4 Å². The summed E-state index contributed by atoms with van der Waals surface area (Å²) in [6, 6.07) is 3.83. The number of methoxy groups -OCH3 is 1. The van der Waals surface area contributed by atoms with Crippen LogP contribution >= 0.6 is 11.3 Å². The third-order valence-corrected chi connectivity index (χ3v) is 4.11. The Bertz CT molecular complexity index is 397. The van der Waals surface area contributed by atoms with Crippen molar-refractivity contribution in [3.63, 3.8) is 0 Å². The summed E-state index contributed by atoms with van der Waals surface area (Å²) in [6.07, 6.45) is 0. The second-order valence-corrected chi connectivity index (χ2v) is 5.67. The van der Waals surface area contributed by atoms with Gasteiger partial charge in [-0.05, 0) is 11.4 Å². The lowest BCUT2D eigenvalue weighted by Crippen LogP contribution is -2.44. The summed E-state index contributed by atoms with van der Waals surface area (Å²) in [6.45, 7) is 2.61. The van der Waals surface area contributed by atoms with Crippen LogP contribution in [0.2, 0.25) is 0 Å². The minimum absolute atomic E-state index is 0.0652. The number of rotatable bonds is 6. The first kappa shape index (κ1) is 14.5. The standard InChI is InChI=1S/C13H20N2O3S/c1-17-5-4-15(7-10-3-2-6-19-10)13(16)11-8-18-9-12(11)14/h2-3,6,11-12H,4-5,7-9,14H2,1H3. The lowest BCUT2D eigenvalue weighted by molar-refractivity contribution is -0.137. The molecule has 106 valence electrons. The molecule has 2 unspecified atom stereocenters. The molecule has 0 bridgehead atoms. The molecule has 0 spiro atoms. The highest BCUT2D eigenvalue weighted by Gasteiger charge is 2.34. The second kappa shape index (κ2) is 7.00. The van der Waals surface area contributed by atoms with Gasteiger partial charge in [0.05, 0.1) is 32.3 Å². The van der Waals surface area contributed by atoms with Crippen molar-refractivity contribution in [2.45, 2.75) is 12.6 Å². The fraction of sp³-hybridized carbons (Fsp3) is 0.615. The maximum Gasteiger partial charge on any atom is 0.230 e. The van der Waals surface area contributed by atoms with Crippen LogP contribution in [0.1, 0.15) is 4.88 Å². The Balaban J connectivity index is 2.01. The van der Waals surface area contributed by atoms with Crippen molar-refractivity contribution >= 4 is 17.2 Å². The molecule has 0 aliphatic carbocycles. The van der Waals surface area contributed by atoms with Gasteiger partial charge in [-0.15, -0.1) is 11.3 Å². The molecule has 1 aromatic heterocycles. The molecule has 2 heterocycles. The summed E-state index contributed by atoms with van der Waals surface area (Å²) in [5.41, 5.74) is 5.92. The van der Waals surface area contributed by atoms with Crippen molar-refractivity contribution in [3.05, 3.63) is 22.4 Å². The molecule has 0 aromatic carbocycles. The largest absolute Gasteiger partial charge is 0.383 e. The zero-order valence-electron chi connectivity index (χ0n) is 11.1. The fourth-order valence-corrected chi connectivity index (χ4v) is 2.84. The van der Waals surface area contributed by atoms with Crippen LogP contribution in [0.15, 0.2) is 17.5 Å². The van der Waals surface area contributed by atoms with E-state index in [1.165, 1.54) is 0 Å². The van der Waals surface area contributed by atoms with Gasteiger partial charge in [0.2, 0.25) is 5.91 Å². The lowest BCUT2D eigenvalue weighted by atomic mass is 10.0. The van der Waals surface area contributed by atoms with Crippen LogP contribution in [0.25, 0.3) is 0 Å². The molecule has 2 N–H and O–H groups in total. The van der Waals surface area contributed by atoms with E-state index in [0.29, 0.717) is 32.9 Å². The topological polar surface area (TPSA) is 64.8 Å². The average Bonchev–Trinajstić information content (AvgIpc) is 3.05. The highest BCUT2D eigenvalue weighted by atomic mass is 32.1. The van der Waals surface area contributed by atoms with Crippen LogP contribution in [-0.2, 0) is 20.8 Å². The fourth-order valence-electron chi connectivity index (χ4n) is 2.12. The molecule has 1 saturated heterocycles. The smallest absolute Gasteiger partial charge is 0.230 e. The van der Waals surface area contributed by atoms with Gasteiger partial charge in [-0.1, -0.05) is 6.07 Å². The normalized spacial score (nSPS) is 22.6. The molecule has 2 atom stereocenters. The Kier molecular flexibility index (Phi) is 5.33. The molecular weight excluding hydrogens is 264 g/mol. The quantitative estimate of drug-likeness (QED) is 0.835. The van der Waals surface area contributed by atoms with E-state index >= 15 is 0 Å². The van der Waals surface area contributed by atoms with Crippen LogP contribution in [0.3, 0.4) is 0 Å². The van der Waals surface area contributed by atoms with E-state index < -0.39 is 0 Å². The molecule has 1 aliphatic heterocycles. The summed E-state index contributed by atoms with van der Waals surface area (Å²) in [4.78, 5) is 15.5. The minimum Gasteiger partial charge on any atom is -0.383 e. The van der Waals surface area contributed by atoms with E-state index in [1.807, 2.05) is 22.4 Å². The van der Waals surface area contributed by atoms with Crippen molar-refractivity contribution in [2.75, 3.05) is 33.5 Å². The molecule has 0 radical (unpaired) electrons. The molecule has 0 saturated carbocycles. The van der Waals surface area contributed by atoms with Gasteiger partial charge in [0.15, 0.2) is 0 Å². The molecular formula is C13H20N2O3S. The predicted octanol–water partition coefficient (Wildman–Crippen LogP) is 0.697. The van der Waals surface area contributed by atoms with Gasteiger partial charge < -0.3 is 20.1 Å². The van der Waals surface area contributed by atoms with Gasteiger partial charge in [0.25, 0.3) is 0 Å². The van der Waals surface area contributed by atoms with Crippen LogP contribution in [0.5, 0.6) is 0 Å². The lowest BCUT2D eigenvalue weighted by Gasteiger charge is -2.26. The minimum atomic E-state index is -0.225. The first-order chi connectivity index (χ1) is 9.22. The Labute approximate surface area is 117 Å². The highest BCUT2D eigenvalue weighted by molar-refractivity contribution is 7.09. The number of hydrogen-bond donors (Lipinski definition) is 1. The molecule has 1 aromatic rings. The Morgan fingerprint density at radius 1 is 1.63 bits per heavy atom. The van der Waals surface area contributed by atoms with Crippen molar-refractivity contribution in [2.24, 2.45) is 11.7 Å². The summed E-state index contributed by atoms with van der Waals surface area (Å²) in [7, 11) is 1.64. The molecule has 19 heavy (non-hydrogen) atoms. The second-order valence-electron chi connectivity index (χ2n) is 4.64. The third-order valence-electron chi connectivity index (χ3n) is 3.25. The number of carbonyl (C=O) groups excluding carboxylic acids is 1. The van der Waals surface area contributed by atoms with Gasteiger partial charge in [-0.2, -0.15) is 0 Å². The van der Waals surface area contributed by atoms with Crippen molar-refractivity contribution in [1.82, 2.24) is 4.90 Å². The summed E-state index contributed by atoms with van der Waals surface area (Å²) in [5, 5.41) is 2.01. The number of ether oxygens (including phenoxy) is 2. The molecule has 1 fully saturated rings. The van der Waals surface area contributed by atoms with Crippen molar-refractivity contribution in [1.29, 1.82) is 0 Å². The average molecular weight is 284 g/mol. The van der Waals surface area contributed by atoms with Crippen LogP contribution < -0.4 is 5.73 Å². The number of carbonyl (C=O) groups is 1. The van der Waals surface area contributed by atoms with Gasteiger partial charge in [0, 0.05) is 24.6 Å². The summed E-state index contributed by atoms with van der Waals surface area (Å²) in [5.74, 6) is -0.160. The number of amides is 1. The molecule has 1 amide bonds. The van der Waals surface area contributed by atoms with Crippen LogP contribution in [0.4, 0.5) is 0 Å². The van der Waals surface area contributed by atoms with E-state index in [9.17, 15) is 4.79 Å². The Morgan fingerprint density at radius 2 is 2.47 bits per heavy atom. The first-order valence-corrected chi connectivity index (χ1v) is 7.23. The highest BCUT2D eigenvalue weighted by Crippen LogP contribution is 2.18. The number of hydrogen-bond acceptors (Lipinski definition) is 5. The van der Waals surface area contributed by atoms with E-state index in [2.05, 4.69) is 0 Å². The molecule has 2 rings (SSSR count). The van der Waals surface area contributed by atoms with Gasteiger partial charge in [-0.3, -0.25) is 4.79 Å². The summed E-state index contributed by atoms with van der Waals surface area (Å²) < 4.78 is 10.4. The molecule has 6 heteroatoms. The van der Waals surface area contributed by atoms with Crippen molar-refractivity contribution in [3.8, 4) is 0 Å². The Hall–Kier alpha value is -0.950. The summed E-state index contributed by atoms with van der Waals surface area (Å²) >= 11 is 1.65. The van der Waals surface area contributed by atoms with E-state index in [0.717, 1.165) is 4.88 Å². The van der Waals surface area contributed by atoms with Gasteiger partial charge >= 0.3 is 0 Å². The van der Waals surface area contributed by atoms with Crippen LogP contribution in [0, 0.1) is 5.92 Å². The number of thiophene rings is 1. The first-order valence-electron chi connectivity index (χ1n) is 6.36. The zero-order valence-corrected chi connectivity index (χ0v) is 11.9. The van der Waals surface area contributed by atoms with E-state index in [-0.39, 0.29) is 17.9 Å². The van der Waals surface area contributed by atoms with Gasteiger partial charge in [-0.25, -0.2) is 0 Å².